The lowest BCUT2D eigenvalue weighted by Gasteiger charge is -2.32. The Morgan fingerprint density at radius 1 is 1.53 bits per heavy atom. The predicted octanol–water partition coefficient (Wildman–Crippen LogP) is 1.78. The summed E-state index contributed by atoms with van der Waals surface area (Å²) in [7, 11) is 0. The van der Waals surface area contributed by atoms with E-state index in [1.54, 1.807) is 0 Å². The van der Waals surface area contributed by atoms with Crippen LogP contribution in [0.25, 0.3) is 0 Å². The number of carboxylic acids is 1. The maximum absolute atomic E-state index is 11.5. The van der Waals surface area contributed by atoms with Gasteiger partial charge in [0.15, 0.2) is 0 Å². The molecule has 0 amide bonds. The molecule has 1 saturated heterocycles. The van der Waals surface area contributed by atoms with Gasteiger partial charge in [-0.15, -0.1) is 0 Å². The van der Waals surface area contributed by atoms with Crippen LogP contribution in [0.15, 0.2) is 0 Å². The molecule has 2 heterocycles. The van der Waals surface area contributed by atoms with Gasteiger partial charge < -0.3 is 15.2 Å². The number of hydrogen-bond donors (Lipinski definition) is 2. The summed E-state index contributed by atoms with van der Waals surface area (Å²) in [6.45, 7) is 3.47. The van der Waals surface area contributed by atoms with Gasteiger partial charge in [0.05, 0.1) is 5.41 Å². The van der Waals surface area contributed by atoms with E-state index in [1.165, 1.54) is 11.5 Å². The monoisotopic (exact) mass is 285 g/mol. The molecular formula is C12H19N3O3S. The van der Waals surface area contributed by atoms with E-state index in [0.717, 1.165) is 18.7 Å². The average molecular weight is 285 g/mol. The van der Waals surface area contributed by atoms with Gasteiger partial charge in [-0.25, -0.2) is 4.98 Å². The molecule has 0 radical (unpaired) electrons. The van der Waals surface area contributed by atoms with Gasteiger partial charge in [0, 0.05) is 37.7 Å². The number of nitrogens with zero attached hydrogens (tertiary/aromatic N) is 2. The van der Waals surface area contributed by atoms with Crippen molar-refractivity contribution in [3.05, 3.63) is 5.82 Å². The Morgan fingerprint density at radius 2 is 2.26 bits per heavy atom. The van der Waals surface area contributed by atoms with Crippen molar-refractivity contribution >= 4 is 22.6 Å². The van der Waals surface area contributed by atoms with Crippen molar-refractivity contribution in [2.24, 2.45) is 5.41 Å². The van der Waals surface area contributed by atoms with Gasteiger partial charge in [0.1, 0.15) is 5.82 Å². The highest BCUT2D eigenvalue weighted by molar-refractivity contribution is 7.09. The highest BCUT2D eigenvalue weighted by Crippen LogP contribution is 2.31. The van der Waals surface area contributed by atoms with Crippen molar-refractivity contribution in [1.82, 2.24) is 9.36 Å². The van der Waals surface area contributed by atoms with E-state index in [4.69, 9.17) is 4.74 Å². The van der Waals surface area contributed by atoms with E-state index in [-0.39, 0.29) is 0 Å². The summed E-state index contributed by atoms with van der Waals surface area (Å²) in [4.78, 5) is 15.8. The molecular weight excluding hydrogens is 266 g/mol. The first-order valence-electron chi connectivity index (χ1n) is 6.54. The quantitative estimate of drug-likeness (QED) is 0.829. The molecule has 1 aliphatic rings. The Balaban J connectivity index is 1.96. The van der Waals surface area contributed by atoms with Crippen LogP contribution in [0.1, 0.15) is 32.0 Å². The predicted molar refractivity (Wildman–Crippen MR) is 72.5 cm³/mol. The maximum atomic E-state index is 11.5. The third kappa shape index (κ3) is 3.42. The third-order valence-electron chi connectivity index (χ3n) is 3.42. The SMILES string of the molecule is CCCc1nsc(NCC2(C(=O)O)CCOCC2)n1. The fraction of sp³-hybridized carbons (Fsp3) is 0.750. The van der Waals surface area contributed by atoms with Gasteiger partial charge in [0.25, 0.3) is 0 Å². The van der Waals surface area contributed by atoms with Gasteiger partial charge in [-0.1, -0.05) is 6.92 Å². The summed E-state index contributed by atoms with van der Waals surface area (Å²) >= 11 is 1.29. The second-order valence-corrected chi connectivity index (χ2v) is 5.57. The van der Waals surface area contributed by atoms with E-state index in [1.807, 2.05) is 0 Å². The fourth-order valence-electron chi connectivity index (χ4n) is 2.12. The molecule has 0 unspecified atom stereocenters. The van der Waals surface area contributed by atoms with Crippen molar-refractivity contribution in [3.63, 3.8) is 0 Å². The molecule has 1 aromatic rings. The van der Waals surface area contributed by atoms with Crippen LogP contribution in [0.4, 0.5) is 5.13 Å². The van der Waals surface area contributed by atoms with E-state index in [2.05, 4.69) is 21.6 Å². The minimum absolute atomic E-state index is 0.381. The van der Waals surface area contributed by atoms with Crippen LogP contribution < -0.4 is 5.32 Å². The molecule has 106 valence electrons. The van der Waals surface area contributed by atoms with Crippen molar-refractivity contribution < 1.29 is 14.6 Å². The summed E-state index contributed by atoms with van der Waals surface area (Å²) < 4.78 is 9.48. The van der Waals surface area contributed by atoms with Crippen LogP contribution in [0.5, 0.6) is 0 Å². The topological polar surface area (TPSA) is 84.3 Å². The van der Waals surface area contributed by atoms with Gasteiger partial charge in [0.2, 0.25) is 5.13 Å². The molecule has 0 saturated carbocycles. The Morgan fingerprint density at radius 3 is 2.89 bits per heavy atom. The smallest absolute Gasteiger partial charge is 0.311 e. The second-order valence-electron chi connectivity index (χ2n) is 4.82. The normalized spacial score (nSPS) is 18.2. The first kappa shape index (κ1) is 14.2. The van der Waals surface area contributed by atoms with Gasteiger partial charge in [-0.3, -0.25) is 4.79 Å². The fourth-order valence-corrected chi connectivity index (χ4v) is 2.73. The van der Waals surface area contributed by atoms with Crippen LogP contribution in [0.3, 0.4) is 0 Å². The third-order valence-corrected chi connectivity index (χ3v) is 4.13. The van der Waals surface area contributed by atoms with E-state index in [9.17, 15) is 9.90 Å². The van der Waals surface area contributed by atoms with Crippen LogP contribution in [0.2, 0.25) is 0 Å². The minimum atomic E-state index is -0.762. The molecule has 1 fully saturated rings. The Hall–Kier alpha value is -1.21. The van der Waals surface area contributed by atoms with Crippen LogP contribution >= 0.6 is 11.5 Å². The van der Waals surface area contributed by atoms with Crippen molar-refractivity contribution in [3.8, 4) is 0 Å². The number of aliphatic carboxylic acids is 1. The van der Waals surface area contributed by atoms with Crippen molar-refractivity contribution in [2.45, 2.75) is 32.6 Å². The lowest BCUT2D eigenvalue weighted by Crippen LogP contribution is -2.42. The average Bonchev–Trinajstić information content (AvgIpc) is 2.86. The number of carboxylic acid groups (broad SMARTS) is 1. The molecule has 2 N–H and O–H groups in total. The second kappa shape index (κ2) is 6.29. The number of aromatic nitrogens is 2. The van der Waals surface area contributed by atoms with Crippen LogP contribution in [0, 0.1) is 5.41 Å². The number of rotatable bonds is 6. The molecule has 0 atom stereocenters. The number of ether oxygens (including phenoxy) is 1. The molecule has 7 heteroatoms. The summed E-state index contributed by atoms with van der Waals surface area (Å²) in [5.74, 6) is 0.0629. The van der Waals surface area contributed by atoms with Crippen LogP contribution in [-0.2, 0) is 16.0 Å². The maximum Gasteiger partial charge on any atom is 0.311 e. The zero-order valence-corrected chi connectivity index (χ0v) is 11.8. The van der Waals surface area contributed by atoms with Gasteiger partial charge in [-0.05, 0) is 19.3 Å². The number of hydrogen-bond acceptors (Lipinski definition) is 6. The highest BCUT2D eigenvalue weighted by atomic mass is 32.1. The molecule has 0 aliphatic carbocycles. The number of nitrogens with one attached hydrogen (secondary N) is 1. The number of carbonyl (C=O) groups is 1. The molecule has 1 aromatic heterocycles. The molecule has 2 rings (SSSR count). The lowest BCUT2D eigenvalue weighted by atomic mass is 9.80. The van der Waals surface area contributed by atoms with Gasteiger partial charge >= 0.3 is 5.97 Å². The molecule has 0 bridgehead atoms. The van der Waals surface area contributed by atoms with E-state index < -0.39 is 11.4 Å². The van der Waals surface area contributed by atoms with Crippen molar-refractivity contribution in [1.29, 1.82) is 0 Å². The molecule has 0 spiro atoms. The summed E-state index contributed by atoms with van der Waals surface area (Å²) in [6, 6.07) is 0. The van der Waals surface area contributed by atoms with Gasteiger partial charge in [-0.2, -0.15) is 4.37 Å². The Kier molecular flexibility index (Phi) is 4.71. The van der Waals surface area contributed by atoms with E-state index in [0.29, 0.717) is 37.7 Å². The minimum Gasteiger partial charge on any atom is -0.481 e. The Bertz CT molecular complexity index is 430. The van der Waals surface area contributed by atoms with Crippen molar-refractivity contribution in [2.75, 3.05) is 25.1 Å². The molecule has 19 heavy (non-hydrogen) atoms. The summed E-state index contributed by atoms with van der Waals surface area (Å²) in [5.41, 5.74) is -0.741. The molecule has 0 aromatic carbocycles. The summed E-state index contributed by atoms with van der Waals surface area (Å²) in [5, 5.41) is 13.3. The zero-order valence-electron chi connectivity index (χ0n) is 11.0. The Labute approximate surface area is 116 Å². The lowest BCUT2D eigenvalue weighted by molar-refractivity contribution is -0.153. The highest BCUT2D eigenvalue weighted by Gasteiger charge is 2.40. The first-order chi connectivity index (χ1) is 9.16. The number of anilines is 1. The molecule has 6 nitrogen and oxygen atoms in total. The zero-order chi connectivity index (χ0) is 13.7. The first-order valence-corrected chi connectivity index (χ1v) is 7.31. The van der Waals surface area contributed by atoms with E-state index >= 15 is 0 Å². The largest absolute Gasteiger partial charge is 0.481 e. The molecule has 1 aliphatic heterocycles. The standard InChI is InChI=1S/C12H19N3O3S/c1-2-3-9-14-11(19-15-9)13-8-12(10(16)17)4-6-18-7-5-12/h2-8H2,1H3,(H,16,17)(H,13,14,15). The number of aryl methyl sites for hydroxylation is 1. The van der Waals surface area contributed by atoms with Crippen LogP contribution in [-0.4, -0.2) is 40.2 Å². The summed E-state index contributed by atoms with van der Waals surface area (Å²) in [6.07, 6.45) is 2.94.